The molecule has 1 aliphatic rings. The second-order valence-electron chi connectivity index (χ2n) is 8.20. The summed E-state index contributed by atoms with van der Waals surface area (Å²) in [5.74, 6) is 1.84. The van der Waals surface area contributed by atoms with Gasteiger partial charge in [-0.3, -0.25) is 4.79 Å². The number of aryl methyl sites for hydroxylation is 1. The van der Waals surface area contributed by atoms with E-state index >= 15 is 0 Å². The predicted octanol–water partition coefficient (Wildman–Crippen LogP) is 3.92. The number of aromatic amines is 1. The normalized spacial score (nSPS) is 15.6. The van der Waals surface area contributed by atoms with Gasteiger partial charge in [-0.2, -0.15) is 0 Å². The van der Waals surface area contributed by atoms with Crippen LogP contribution in [0.15, 0.2) is 36.5 Å². The van der Waals surface area contributed by atoms with Gasteiger partial charge in [0.1, 0.15) is 11.6 Å². The van der Waals surface area contributed by atoms with Gasteiger partial charge in [0.05, 0.1) is 11.7 Å². The Balaban J connectivity index is 1.68. The Kier molecular flexibility index (Phi) is 5.51. The molecule has 1 atom stereocenters. The fourth-order valence-electron chi connectivity index (χ4n) is 4.21. The van der Waals surface area contributed by atoms with Crippen molar-refractivity contribution in [3.05, 3.63) is 53.6 Å². The summed E-state index contributed by atoms with van der Waals surface area (Å²) >= 11 is 0. The van der Waals surface area contributed by atoms with Gasteiger partial charge in [-0.05, 0) is 31.4 Å². The number of hydrogen-bond donors (Lipinski definition) is 2. The average Bonchev–Trinajstić information content (AvgIpc) is 3.37. The minimum Gasteiger partial charge on any atom is -0.363 e. The van der Waals surface area contributed by atoms with Crippen molar-refractivity contribution in [2.45, 2.75) is 45.1 Å². The summed E-state index contributed by atoms with van der Waals surface area (Å²) in [6.07, 6.45) is 6.98. The zero-order valence-corrected chi connectivity index (χ0v) is 17.4. The fourth-order valence-corrected chi connectivity index (χ4v) is 4.21. The Bertz CT molecular complexity index is 1000. The number of amides is 1. The molecule has 2 heterocycles. The van der Waals surface area contributed by atoms with E-state index in [4.69, 9.17) is 4.98 Å². The number of nitrogens with zero attached hydrogens (tertiary/aromatic N) is 3. The molecular weight excluding hydrogens is 362 g/mol. The van der Waals surface area contributed by atoms with E-state index in [-0.39, 0.29) is 17.9 Å². The highest BCUT2D eigenvalue weighted by molar-refractivity contribution is 5.83. The first-order chi connectivity index (χ1) is 14.0. The van der Waals surface area contributed by atoms with Crippen molar-refractivity contribution in [3.8, 4) is 0 Å². The zero-order valence-electron chi connectivity index (χ0n) is 17.4. The molecule has 3 aromatic rings. The van der Waals surface area contributed by atoms with Crippen molar-refractivity contribution in [3.63, 3.8) is 0 Å². The molecule has 2 aromatic heterocycles. The SMILES string of the molecule is Cc1nc([C@H](Cc2c[nH]c3ccccc23)NC(=O)C2CCCC2)cc(N(C)C)n1. The molecule has 2 N–H and O–H groups in total. The molecule has 0 unspecified atom stereocenters. The monoisotopic (exact) mass is 391 g/mol. The van der Waals surface area contributed by atoms with E-state index in [0.29, 0.717) is 12.2 Å². The minimum absolute atomic E-state index is 0.122. The van der Waals surface area contributed by atoms with E-state index in [2.05, 4.69) is 27.4 Å². The van der Waals surface area contributed by atoms with Crippen LogP contribution in [-0.4, -0.2) is 35.0 Å². The van der Waals surface area contributed by atoms with Gasteiger partial charge in [0.2, 0.25) is 5.91 Å². The number of carbonyl (C=O) groups is 1. The highest BCUT2D eigenvalue weighted by atomic mass is 16.1. The van der Waals surface area contributed by atoms with E-state index in [9.17, 15) is 4.79 Å². The van der Waals surface area contributed by atoms with Crippen molar-refractivity contribution in [2.75, 3.05) is 19.0 Å². The molecule has 0 saturated heterocycles. The van der Waals surface area contributed by atoms with Gasteiger partial charge in [-0.15, -0.1) is 0 Å². The number of hydrogen-bond acceptors (Lipinski definition) is 4. The molecule has 6 nitrogen and oxygen atoms in total. The second-order valence-corrected chi connectivity index (χ2v) is 8.20. The molecule has 0 spiro atoms. The number of anilines is 1. The number of H-pyrrole nitrogens is 1. The standard InChI is InChI=1S/C23H29N5O/c1-15-25-21(13-22(26-15)28(2)3)20(27-23(29)16-8-4-5-9-16)12-17-14-24-19-11-7-6-10-18(17)19/h6-7,10-11,13-14,16,20,24H,4-5,8-9,12H2,1-3H3,(H,27,29)/t20-/m0/s1. The summed E-state index contributed by atoms with van der Waals surface area (Å²) in [7, 11) is 3.94. The van der Waals surface area contributed by atoms with Gasteiger partial charge in [-0.25, -0.2) is 9.97 Å². The van der Waals surface area contributed by atoms with Gasteiger partial charge >= 0.3 is 0 Å². The van der Waals surface area contributed by atoms with Crippen LogP contribution >= 0.6 is 0 Å². The van der Waals surface area contributed by atoms with Crippen molar-refractivity contribution in [1.82, 2.24) is 20.3 Å². The third kappa shape index (κ3) is 4.26. The van der Waals surface area contributed by atoms with Gasteiger partial charge in [0.25, 0.3) is 0 Å². The lowest BCUT2D eigenvalue weighted by Gasteiger charge is -2.22. The quantitative estimate of drug-likeness (QED) is 0.668. The summed E-state index contributed by atoms with van der Waals surface area (Å²) < 4.78 is 0. The van der Waals surface area contributed by atoms with Crippen LogP contribution < -0.4 is 10.2 Å². The van der Waals surface area contributed by atoms with E-state index in [1.54, 1.807) is 0 Å². The van der Waals surface area contributed by atoms with Crippen LogP contribution in [-0.2, 0) is 11.2 Å². The Morgan fingerprint density at radius 3 is 2.76 bits per heavy atom. The van der Waals surface area contributed by atoms with E-state index in [1.807, 2.05) is 50.3 Å². The van der Waals surface area contributed by atoms with Crippen LogP contribution in [0.4, 0.5) is 5.82 Å². The molecule has 1 aromatic carbocycles. The lowest BCUT2D eigenvalue weighted by molar-refractivity contribution is -0.125. The highest BCUT2D eigenvalue weighted by Gasteiger charge is 2.27. The molecule has 0 radical (unpaired) electrons. The average molecular weight is 392 g/mol. The predicted molar refractivity (Wildman–Crippen MR) is 116 cm³/mol. The smallest absolute Gasteiger partial charge is 0.223 e. The lowest BCUT2D eigenvalue weighted by Crippen LogP contribution is -2.35. The Labute approximate surface area is 171 Å². The molecule has 1 amide bonds. The molecule has 4 rings (SSSR count). The summed E-state index contributed by atoms with van der Waals surface area (Å²) in [6, 6.07) is 10.1. The molecular formula is C23H29N5O. The maximum absolute atomic E-state index is 13.0. The Morgan fingerprint density at radius 1 is 1.24 bits per heavy atom. The Hall–Kier alpha value is -2.89. The third-order valence-corrected chi connectivity index (χ3v) is 5.80. The summed E-state index contributed by atoms with van der Waals surface area (Å²) in [5.41, 5.74) is 3.15. The number of nitrogens with one attached hydrogen (secondary N) is 2. The highest BCUT2D eigenvalue weighted by Crippen LogP contribution is 2.28. The van der Waals surface area contributed by atoms with Gasteiger partial charge < -0.3 is 15.2 Å². The van der Waals surface area contributed by atoms with E-state index in [0.717, 1.165) is 42.7 Å². The number of carbonyl (C=O) groups excluding carboxylic acids is 1. The van der Waals surface area contributed by atoms with Crippen LogP contribution in [0.2, 0.25) is 0 Å². The summed E-state index contributed by atoms with van der Waals surface area (Å²) in [4.78, 5) is 27.5. The first-order valence-electron chi connectivity index (χ1n) is 10.4. The van der Waals surface area contributed by atoms with Gasteiger partial charge in [-0.1, -0.05) is 31.0 Å². The fraction of sp³-hybridized carbons (Fsp3) is 0.435. The molecule has 0 bridgehead atoms. The number of rotatable bonds is 6. The van der Waals surface area contributed by atoms with E-state index < -0.39 is 0 Å². The van der Waals surface area contributed by atoms with Crippen molar-refractivity contribution >= 4 is 22.6 Å². The first-order valence-corrected chi connectivity index (χ1v) is 10.4. The van der Waals surface area contributed by atoms with Crippen molar-refractivity contribution in [1.29, 1.82) is 0 Å². The van der Waals surface area contributed by atoms with Crippen molar-refractivity contribution < 1.29 is 4.79 Å². The molecule has 0 aliphatic heterocycles. The Morgan fingerprint density at radius 2 is 2.00 bits per heavy atom. The number of fused-ring (bicyclic) bond motifs is 1. The minimum atomic E-state index is -0.192. The molecule has 1 aliphatic carbocycles. The number of para-hydroxylation sites is 1. The first kappa shape index (κ1) is 19.4. The van der Waals surface area contributed by atoms with Gasteiger partial charge in [0, 0.05) is 49.6 Å². The third-order valence-electron chi connectivity index (χ3n) is 5.80. The van der Waals surface area contributed by atoms with Crippen LogP contribution in [0.3, 0.4) is 0 Å². The zero-order chi connectivity index (χ0) is 20.4. The molecule has 29 heavy (non-hydrogen) atoms. The summed E-state index contributed by atoms with van der Waals surface area (Å²) in [5, 5.41) is 4.50. The van der Waals surface area contributed by atoms with Crippen molar-refractivity contribution in [2.24, 2.45) is 5.92 Å². The maximum Gasteiger partial charge on any atom is 0.223 e. The molecule has 1 saturated carbocycles. The van der Waals surface area contributed by atoms with E-state index in [1.165, 1.54) is 10.9 Å². The topological polar surface area (TPSA) is 73.9 Å². The maximum atomic E-state index is 13.0. The summed E-state index contributed by atoms with van der Waals surface area (Å²) in [6.45, 7) is 1.90. The van der Waals surface area contributed by atoms with Gasteiger partial charge in [0.15, 0.2) is 0 Å². The number of benzene rings is 1. The lowest BCUT2D eigenvalue weighted by atomic mass is 10.00. The van der Waals surface area contributed by atoms with Crippen LogP contribution in [0.25, 0.3) is 10.9 Å². The molecule has 1 fully saturated rings. The second kappa shape index (κ2) is 8.23. The number of aromatic nitrogens is 3. The van der Waals surface area contributed by atoms with Crippen LogP contribution in [0, 0.1) is 12.8 Å². The molecule has 6 heteroatoms. The molecule has 152 valence electrons. The largest absolute Gasteiger partial charge is 0.363 e. The van der Waals surface area contributed by atoms with Crippen LogP contribution in [0.5, 0.6) is 0 Å². The van der Waals surface area contributed by atoms with Crippen LogP contribution in [0.1, 0.15) is 48.8 Å².